The van der Waals surface area contributed by atoms with Gasteiger partial charge in [-0.3, -0.25) is 20.5 Å². The molecular formula is C29H40N6O3. The number of hydrogen-bond acceptors (Lipinski definition) is 6. The molecule has 0 saturated carbocycles. The number of nitrogens with zero attached hydrogens (tertiary/aromatic N) is 4. The van der Waals surface area contributed by atoms with Crippen LogP contribution in [0.15, 0.2) is 36.4 Å². The smallest absolute Gasteiger partial charge is 0.326 e. The normalized spacial score (nSPS) is 19.7. The summed E-state index contributed by atoms with van der Waals surface area (Å²) >= 11 is 0. The summed E-state index contributed by atoms with van der Waals surface area (Å²) in [5.74, 6) is 2.01. The second-order valence-electron chi connectivity index (χ2n) is 11.0. The minimum absolute atomic E-state index is 0.0250. The minimum Gasteiger partial charge on any atom is -0.497 e. The number of rotatable bonds is 7. The van der Waals surface area contributed by atoms with Crippen molar-refractivity contribution in [3.63, 3.8) is 0 Å². The van der Waals surface area contributed by atoms with Crippen molar-refractivity contribution in [2.24, 2.45) is 5.92 Å². The van der Waals surface area contributed by atoms with Crippen LogP contribution in [-0.4, -0.2) is 72.1 Å². The maximum Gasteiger partial charge on any atom is 0.326 e. The van der Waals surface area contributed by atoms with Gasteiger partial charge in [0.05, 0.1) is 19.2 Å². The van der Waals surface area contributed by atoms with Gasteiger partial charge in [0, 0.05) is 50.3 Å². The van der Waals surface area contributed by atoms with Crippen LogP contribution in [0.25, 0.3) is 0 Å². The van der Waals surface area contributed by atoms with Crippen molar-refractivity contribution < 1.29 is 14.3 Å². The Balaban J connectivity index is 1.45. The Labute approximate surface area is 225 Å². The fourth-order valence-electron chi connectivity index (χ4n) is 6.09. The molecule has 2 aromatic rings. The van der Waals surface area contributed by atoms with Crippen LogP contribution in [-0.2, 0) is 17.8 Å². The maximum atomic E-state index is 14.1. The summed E-state index contributed by atoms with van der Waals surface area (Å²) in [4.78, 5) is 37.6. The number of anilines is 1. The van der Waals surface area contributed by atoms with E-state index in [0.29, 0.717) is 37.9 Å². The molecule has 4 heterocycles. The third-order valence-electron chi connectivity index (χ3n) is 8.33. The van der Waals surface area contributed by atoms with Gasteiger partial charge < -0.3 is 14.5 Å². The van der Waals surface area contributed by atoms with Crippen molar-refractivity contribution in [3.05, 3.63) is 53.2 Å². The number of nitrogens with one attached hydrogen (secondary N) is 2. The first kappa shape index (κ1) is 26.4. The summed E-state index contributed by atoms with van der Waals surface area (Å²) in [6.45, 7) is 10.1. The van der Waals surface area contributed by atoms with E-state index in [9.17, 15) is 9.59 Å². The van der Waals surface area contributed by atoms with Gasteiger partial charge in [-0.05, 0) is 48.6 Å². The Bertz CT molecular complexity index is 1170. The van der Waals surface area contributed by atoms with Gasteiger partial charge in [-0.2, -0.15) is 0 Å². The lowest BCUT2D eigenvalue weighted by Gasteiger charge is -2.44. The Morgan fingerprint density at radius 2 is 1.89 bits per heavy atom. The quantitative estimate of drug-likeness (QED) is 0.582. The summed E-state index contributed by atoms with van der Waals surface area (Å²) in [5.41, 5.74) is 9.36. The van der Waals surface area contributed by atoms with Crippen LogP contribution in [0.3, 0.4) is 0 Å². The van der Waals surface area contributed by atoms with E-state index >= 15 is 0 Å². The molecule has 0 radical (unpaired) electrons. The molecular weight excluding hydrogens is 480 g/mol. The van der Waals surface area contributed by atoms with E-state index < -0.39 is 0 Å². The molecule has 3 amide bonds. The van der Waals surface area contributed by atoms with Gasteiger partial charge in [-0.15, -0.1) is 0 Å². The molecule has 1 aromatic carbocycles. The number of piperidine rings is 1. The summed E-state index contributed by atoms with van der Waals surface area (Å²) in [6, 6.07) is 12.0. The molecule has 38 heavy (non-hydrogen) atoms. The number of aryl methyl sites for hydroxylation is 1. The largest absolute Gasteiger partial charge is 0.497 e. The molecule has 5 rings (SSSR count). The number of hydrazine groups is 1. The average Bonchev–Trinajstić information content (AvgIpc) is 3.56. The van der Waals surface area contributed by atoms with Crippen molar-refractivity contribution in [3.8, 4) is 5.75 Å². The molecule has 0 unspecified atom stereocenters. The molecule has 204 valence electrons. The summed E-state index contributed by atoms with van der Waals surface area (Å²) in [7, 11) is 1.66. The average molecular weight is 521 g/mol. The van der Waals surface area contributed by atoms with Crippen LogP contribution in [0.1, 0.15) is 56.4 Å². The number of benzene rings is 1. The fraction of sp³-hybridized carbons (Fsp3) is 0.552. The topological polar surface area (TPSA) is 90.0 Å². The van der Waals surface area contributed by atoms with Gasteiger partial charge in [-0.25, -0.2) is 9.78 Å². The molecule has 0 bridgehead atoms. The van der Waals surface area contributed by atoms with E-state index in [0.717, 1.165) is 49.4 Å². The number of ether oxygens (including phenoxy) is 1. The molecule has 0 aliphatic carbocycles. The number of amides is 3. The van der Waals surface area contributed by atoms with Gasteiger partial charge in [0.1, 0.15) is 11.6 Å². The second kappa shape index (κ2) is 10.9. The van der Waals surface area contributed by atoms with Crippen LogP contribution in [0.5, 0.6) is 5.75 Å². The molecule has 1 aromatic heterocycles. The Hall–Kier alpha value is -3.17. The van der Waals surface area contributed by atoms with E-state index in [1.54, 1.807) is 7.11 Å². The predicted octanol–water partition coefficient (Wildman–Crippen LogP) is 3.30. The van der Waals surface area contributed by atoms with Gasteiger partial charge in [0.15, 0.2) is 0 Å². The molecule has 1 spiro atoms. The predicted molar refractivity (Wildman–Crippen MR) is 147 cm³/mol. The lowest BCUT2D eigenvalue weighted by Crippen LogP contribution is -2.55. The number of hydrogen-bond donors (Lipinski definition) is 2. The van der Waals surface area contributed by atoms with Crippen LogP contribution in [0.4, 0.5) is 10.6 Å². The third-order valence-corrected chi connectivity index (χ3v) is 8.33. The molecule has 2 N–H and O–H groups in total. The highest BCUT2D eigenvalue weighted by atomic mass is 16.5. The Kier molecular flexibility index (Phi) is 7.59. The van der Waals surface area contributed by atoms with Crippen LogP contribution in [0.2, 0.25) is 0 Å². The Morgan fingerprint density at radius 3 is 2.55 bits per heavy atom. The van der Waals surface area contributed by atoms with Gasteiger partial charge in [0.25, 0.3) is 0 Å². The lowest BCUT2D eigenvalue weighted by molar-refractivity contribution is -0.136. The zero-order chi connectivity index (χ0) is 26.9. The van der Waals surface area contributed by atoms with Crippen LogP contribution >= 0.6 is 0 Å². The summed E-state index contributed by atoms with van der Waals surface area (Å²) in [5, 5.41) is 0. The Morgan fingerprint density at radius 1 is 1.16 bits per heavy atom. The first-order chi connectivity index (χ1) is 18.3. The standard InChI is InChI=1S/C29H40N6O3/c1-5-25-24(22-16-30-31-17-22)9-10-26(32-25)34-19-29(11-13-33(14-12-29)27(36)20(2)3)35(28(34)37)18-21-7-6-8-23(15-21)38-4/h6-10,15,20,22,30-31H,5,11-14,16-19H2,1-4H3. The molecule has 3 aliphatic rings. The lowest BCUT2D eigenvalue weighted by atomic mass is 9.86. The first-order valence-corrected chi connectivity index (χ1v) is 13.8. The molecule has 0 atom stereocenters. The number of likely N-dealkylation sites (tertiary alicyclic amines) is 1. The number of aromatic nitrogens is 1. The number of carbonyl (C=O) groups excluding carboxylic acids is 2. The highest BCUT2D eigenvalue weighted by Crippen LogP contribution is 2.40. The van der Waals surface area contributed by atoms with Crippen molar-refractivity contribution >= 4 is 17.8 Å². The van der Waals surface area contributed by atoms with Crippen LogP contribution < -0.4 is 20.5 Å². The first-order valence-electron chi connectivity index (χ1n) is 13.8. The second-order valence-corrected chi connectivity index (χ2v) is 11.0. The number of urea groups is 1. The van der Waals surface area contributed by atoms with Crippen LogP contribution in [0, 0.1) is 5.92 Å². The highest BCUT2D eigenvalue weighted by molar-refractivity contribution is 5.94. The van der Waals surface area contributed by atoms with E-state index in [1.807, 2.05) is 58.9 Å². The van der Waals surface area contributed by atoms with Crippen molar-refractivity contribution in [2.75, 3.05) is 44.7 Å². The molecule has 3 saturated heterocycles. The zero-order valence-electron chi connectivity index (χ0n) is 23.0. The summed E-state index contributed by atoms with van der Waals surface area (Å²) < 4.78 is 5.44. The molecule has 3 aliphatic heterocycles. The van der Waals surface area contributed by atoms with Crippen molar-refractivity contribution in [1.82, 2.24) is 25.6 Å². The van der Waals surface area contributed by atoms with Gasteiger partial charge >= 0.3 is 6.03 Å². The monoisotopic (exact) mass is 520 g/mol. The zero-order valence-corrected chi connectivity index (χ0v) is 23.0. The number of carbonyl (C=O) groups is 2. The maximum absolute atomic E-state index is 14.1. The number of methoxy groups -OCH3 is 1. The van der Waals surface area contributed by atoms with Crippen molar-refractivity contribution in [2.45, 2.75) is 58.0 Å². The molecule has 9 heteroatoms. The third kappa shape index (κ3) is 4.97. The molecule has 9 nitrogen and oxygen atoms in total. The summed E-state index contributed by atoms with van der Waals surface area (Å²) in [6.07, 6.45) is 2.30. The minimum atomic E-state index is -0.361. The molecule has 3 fully saturated rings. The van der Waals surface area contributed by atoms with Gasteiger partial charge in [-0.1, -0.05) is 39.0 Å². The SMILES string of the molecule is CCc1nc(N2CC3(CCN(C(=O)C(C)C)CC3)N(Cc3cccc(OC)c3)C2=O)ccc1C1CNNC1. The van der Waals surface area contributed by atoms with E-state index in [4.69, 9.17) is 9.72 Å². The van der Waals surface area contributed by atoms with E-state index in [-0.39, 0.29) is 23.4 Å². The van der Waals surface area contributed by atoms with E-state index in [2.05, 4.69) is 23.8 Å². The van der Waals surface area contributed by atoms with E-state index in [1.165, 1.54) is 5.56 Å². The number of pyridine rings is 1. The highest BCUT2D eigenvalue weighted by Gasteiger charge is 2.52. The fourth-order valence-corrected chi connectivity index (χ4v) is 6.09. The van der Waals surface area contributed by atoms with Crippen molar-refractivity contribution in [1.29, 1.82) is 0 Å². The van der Waals surface area contributed by atoms with Gasteiger partial charge in [0.2, 0.25) is 5.91 Å².